The van der Waals surface area contributed by atoms with Crippen LogP contribution >= 0.6 is 35.4 Å². The van der Waals surface area contributed by atoms with Crippen LogP contribution in [0.1, 0.15) is 25.0 Å². The first-order valence-corrected chi connectivity index (χ1v) is 9.61. The summed E-state index contributed by atoms with van der Waals surface area (Å²) in [5.74, 6) is 1.21. The molecule has 0 unspecified atom stereocenters. The van der Waals surface area contributed by atoms with Crippen molar-refractivity contribution in [1.82, 2.24) is 10.7 Å². The van der Waals surface area contributed by atoms with E-state index in [2.05, 4.69) is 15.8 Å². The topological polar surface area (TPSA) is 54.9 Å². The maximum Gasteiger partial charge on any atom is 0.186 e. The van der Waals surface area contributed by atoms with Gasteiger partial charge in [0.2, 0.25) is 0 Å². The van der Waals surface area contributed by atoms with Gasteiger partial charge in [0, 0.05) is 22.2 Å². The average molecular weight is 426 g/mol. The van der Waals surface area contributed by atoms with E-state index in [0.29, 0.717) is 33.3 Å². The largest absolute Gasteiger partial charge is 0.490 e. The van der Waals surface area contributed by atoms with E-state index in [4.69, 9.17) is 44.9 Å². The zero-order valence-electron chi connectivity index (χ0n) is 15.1. The Hall–Kier alpha value is -2.02. The number of ether oxygens (including phenoxy) is 2. The van der Waals surface area contributed by atoms with Crippen LogP contribution in [-0.2, 0) is 6.61 Å². The lowest BCUT2D eigenvalue weighted by Gasteiger charge is -2.14. The highest BCUT2D eigenvalue weighted by atomic mass is 35.5. The number of halogens is 2. The Morgan fingerprint density at radius 3 is 2.52 bits per heavy atom. The van der Waals surface area contributed by atoms with Crippen molar-refractivity contribution in [3.8, 4) is 11.5 Å². The molecule has 0 aromatic heterocycles. The van der Waals surface area contributed by atoms with Crippen molar-refractivity contribution in [3.63, 3.8) is 0 Å². The molecule has 0 bridgehead atoms. The van der Waals surface area contributed by atoms with Gasteiger partial charge in [-0.25, -0.2) is 0 Å². The fraction of sp³-hybridized carbons (Fsp3) is 0.263. The van der Waals surface area contributed by atoms with Crippen LogP contribution < -0.4 is 20.2 Å². The van der Waals surface area contributed by atoms with Gasteiger partial charge in [0.15, 0.2) is 16.6 Å². The summed E-state index contributed by atoms with van der Waals surface area (Å²) in [6.07, 6.45) is 1.65. The Morgan fingerprint density at radius 1 is 1.11 bits per heavy atom. The van der Waals surface area contributed by atoms with Gasteiger partial charge in [-0.1, -0.05) is 29.3 Å². The first kappa shape index (κ1) is 21.3. The Bertz CT molecular complexity index is 795. The first-order chi connectivity index (χ1) is 13.0. The molecule has 27 heavy (non-hydrogen) atoms. The third kappa shape index (κ3) is 6.57. The van der Waals surface area contributed by atoms with E-state index >= 15 is 0 Å². The molecule has 0 aliphatic carbocycles. The van der Waals surface area contributed by atoms with Crippen molar-refractivity contribution in [2.75, 3.05) is 13.2 Å². The number of hydrogen-bond donors (Lipinski definition) is 2. The van der Waals surface area contributed by atoms with E-state index in [-0.39, 0.29) is 6.61 Å². The second kappa shape index (κ2) is 11.0. The van der Waals surface area contributed by atoms with Gasteiger partial charge >= 0.3 is 0 Å². The van der Waals surface area contributed by atoms with Gasteiger partial charge in [-0.3, -0.25) is 5.43 Å². The lowest BCUT2D eigenvalue weighted by Crippen LogP contribution is -2.31. The Kier molecular flexibility index (Phi) is 8.64. The average Bonchev–Trinajstić information content (AvgIpc) is 2.63. The summed E-state index contributed by atoms with van der Waals surface area (Å²) in [5.41, 5.74) is 4.32. The molecule has 0 spiro atoms. The molecule has 2 rings (SSSR count). The van der Waals surface area contributed by atoms with E-state index in [1.54, 1.807) is 24.4 Å². The Morgan fingerprint density at radius 2 is 1.85 bits per heavy atom. The lowest BCUT2D eigenvalue weighted by atomic mass is 10.2. The molecular formula is C19H21Cl2N3O2S. The van der Waals surface area contributed by atoms with E-state index in [9.17, 15) is 0 Å². The van der Waals surface area contributed by atoms with Crippen LogP contribution in [0, 0.1) is 0 Å². The summed E-state index contributed by atoms with van der Waals surface area (Å²) in [5, 5.41) is 8.64. The van der Waals surface area contributed by atoms with Gasteiger partial charge in [0.1, 0.15) is 6.61 Å². The van der Waals surface area contributed by atoms with Gasteiger partial charge in [-0.15, -0.1) is 0 Å². The molecule has 0 atom stereocenters. The predicted octanol–water partition coefficient (Wildman–Crippen LogP) is 4.79. The molecule has 0 fully saturated rings. The fourth-order valence-electron chi connectivity index (χ4n) is 2.18. The van der Waals surface area contributed by atoms with Crippen LogP contribution in [0.15, 0.2) is 41.5 Å². The van der Waals surface area contributed by atoms with Crippen LogP contribution in [0.25, 0.3) is 0 Å². The van der Waals surface area contributed by atoms with Crippen LogP contribution in [0.5, 0.6) is 11.5 Å². The summed E-state index contributed by atoms with van der Waals surface area (Å²) >= 11 is 17.4. The molecule has 2 aromatic rings. The standard InChI is InChI=1S/C19H21Cl2N3O2S/c1-3-22-19(27)24-23-11-13-8-9-17(18(10-13)25-4-2)26-12-14-15(20)6-5-7-16(14)21/h5-11H,3-4,12H2,1-2H3,(H2,22,24,27). The molecule has 144 valence electrons. The van der Waals surface area contributed by atoms with Gasteiger partial charge in [0.05, 0.1) is 12.8 Å². The zero-order chi connectivity index (χ0) is 19.6. The van der Waals surface area contributed by atoms with Crippen molar-refractivity contribution in [3.05, 3.63) is 57.6 Å². The van der Waals surface area contributed by atoms with E-state index in [1.807, 2.05) is 32.0 Å². The molecular weight excluding hydrogens is 405 g/mol. The number of hydrogen-bond acceptors (Lipinski definition) is 4. The number of benzene rings is 2. The highest BCUT2D eigenvalue weighted by Gasteiger charge is 2.10. The van der Waals surface area contributed by atoms with Crippen LogP contribution in [0.4, 0.5) is 0 Å². The van der Waals surface area contributed by atoms with Gasteiger partial charge in [-0.05, 0) is 62.0 Å². The van der Waals surface area contributed by atoms with Gasteiger partial charge < -0.3 is 14.8 Å². The SMILES string of the molecule is CCNC(=S)NN=Cc1ccc(OCc2c(Cl)cccc2Cl)c(OCC)c1. The minimum Gasteiger partial charge on any atom is -0.490 e. The Balaban J connectivity index is 2.10. The number of nitrogens with zero attached hydrogens (tertiary/aromatic N) is 1. The van der Waals surface area contributed by atoms with Crippen molar-refractivity contribution in [2.45, 2.75) is 20.5 Å². The van der Waals surface area contributed by atoms with Crippen molar-refractivity contribution < 1.29 is 9.47 Å². The first-order valence-electron chi connectivity index (χ1n) is 8.44. The molecule has 8 heteroatoms. The summed E-state index contributed by atoms with van der Waals surface area (Å²) in [4.78, 5) is 0. The molecule has 0 amide bonds. The molecule has 0 aliphatic heterocycles. The van der Waals surface area contributed by atoms with E-state index in [0.717, 1.165) is 17.7 Å². The highest BCUT2D eigenvalue weighted by Crippen LogP contribution is 2.31. The molecule has 0 heterocycles. The number of hydrazone groups is 1. The minimum atomic E-state index is 0.241. The fourth-order valence-corrected chi connectivity index (χ4v) is 2.88. The number of rotatable bonds is 8. The maximum absolute atomic E-state index is 6.19. The molecule has 0 saturated heterocycles. The molecule has 2 N–H and O–H groups in total. The monoisotopic (exact) mass is 425 g/mol. The minimum absolute atomic E-state index is 0.241. The third-order valence-corrected chi connectivity index (χ3v) is 4.36. The van der Waals surface area contributed by atoms with Crippen molar-refractivity contribution in [2.24, 2.45) is 5.10 Å². The lowest BCUT2D eigenvalue weighted by molar-refractivity contribution is 0.269. The van der Waals surface area contributed by atoms with Crippen molar-refractivity contribution >= 4 is 46.7 Å². The summed E-state index contributed by atoms with van der Waals surface area (Å²) in [7, 11) is 0. The van der Waals surface area contributed by atoms with E-state index in [1.165, 1.54) is 0 Å². The van der Waals surface area contributed by atoms with Crippen LogP contribution in [-0.4, -0.2) is 24.5 Å². The number of nitrogens with one attached hydrogen (secondary N) is 2. The predicted molar refractivity (Wildman–Crippen MR) is 115 cm³/mol. The molecule has 2 aromatic carbocycles. The normalized spacial score (nSPS) is 10.7. The Labute approximate surface area is 174 Å². The third-order valence-electron chi connectivity index (χ3n) is 3.42. The van der Waals surface area contributed by atoms with E-state index < -0.39 is 0 Å². The molecule has 0 aliphatic rings. The maximum atomic E-state index is 6.19. The van der Waals surface area contributed by atoms with Gasteiger partial charge in [0.25, 0.3) is 0 Å². The molecule has 0 radical (unpaired) electrons. The van der Waals surface area contributed by atoms with Crippen LogP contribution in [0.3, 0.4) is 0 Å². The van der Waals surface area contributed by atoms with Crippen LogP contribution in [0.2, 0.25) is 10.0 Å². The second-order valence-corrected chi connectivity index (χ2v) is 6.58. The smallest absolute Gasteiger partial charge is 0.186 e. The quantitative estimate of drug-likeness (QED) is 0.361. The molecule has 5 nitrogen and oxygen atoms in total. The number of thiocarbonyl (C=S) groups is 1. The van der Waals surface area contributed by atoms with Gasteiger partial charge in [-0.2, -0.15) is 5.10 Å². The summed E-state index contributed by atoms with van der Waals surface area (Å²) in [6.45, 7) is 5.35. The zero-order valence-corrected chi connectivity index (χ0v) is 17.4. The molecule has 0 saturated carbocycles. The second-order valence-electron chi connectivity index (χ2n) is 5.36. The highest BCUT2D eigenvalue weighted by molar-refractivity contribution is 7.80. The summed E-state index contributed by atoms with van der Waals surface area (Å²) < 4.78 is 11.6. The summed E-state index contributed by atoms with van der Waals surface area (Å²) in [6, 6.07) is 10.9. The van der Waals surface area contributed by atoms with Crippen molar-refractivity contribution in [1.29, 1.82) is 0 Å².